The first-order valence-corrected chi connectivity index (χ1v) is 13.0. The molecule has 1 aliphatic rings. The molecule has 1 aliphatic heterocycles. The van der Waals surface area contributed by atoms with E-state index in [4.69, 9.17) is 0 Å². The van der Waals surface area contributed by atoms with E-state index >= 15 is 0 Å². The highest BCUT2D eigenvalue weighted by Crippen LogP contribution is 2.50. The van der Waals surface area contributed by atoms with Crippen LogP contribution in [0.2, 0.25) is 0 Å². The van der Waals surface area contributed by atoms with Crippen molar-refractivity contribution >= 4 is 28.6 Å². The number of carbonyl (C=O) groups excluding carboxylic acids is 3. The molecule has 3 rings (SSSR count). The van der Waals surface area contributed by atoms with Crippen molar-refractivity contribution in [1.29, 1.82) is 5.26 Å². The van der Waals surface area contributed by atoms with Gasteiger partial charge < -0.3 is 25.7 Å². The zero-order chi connectivity index (χ0) is 33.4. The number of carbonyl (C=O) groups is 3. The van der Waals surface area contributed by atoms with Crippen LogP contribution >= 0.6 is 0 Å². The fourth-order valence-corrected chi connectivity index (χ4v) is 4.98. The Morgan fingerprint density at radius 2 is 1.66 bits per heavy atom. The Morgan fingerprint density at radius 1 is 1.05 bits per heavy atom. The van der Waals surface area contributed by atoms with Crippen LogP contribution in [-0.4, -0.2) is 48.4 Å². The molecule has 0 bridgehead atoms. The molecular weight excluding hydrogens is 617 g/mol. The number of amides is 3. The molecule has 0 spiro atoms. The number of fused-ring (bicyclic) bond motifs is 1. The summed E-state index contributed by atoms with van der Waals surface area (Å²) >= 11 is 0. The normalized spacial score (nSPS) is 17.3. The number of H-pyrrole nitrogens is 1. The van der Waals surface area contributed by atoms with Crippen LogP contribution < -0.4 is 20.7 Å². The summed E-state index contributed by atoms with van der Waals surface area (Å²) in [5, 5.41) is 14.8. The Morgan fingerprint density at radius 3 is 2.11 bits per heavy atom. The van der Waals surface area contributed by atoms with E-state index in [-0.39, 0.29) is 24.8 Å². The lowest BCUT2D eigenvalue weighted by Gasteiger charge is -2.23. The third kappa shape index (κ3) is 7.30. The third-order valence-corrected chi connectivity index (χ3v) is 6.84. The number of aromatic nitrogens is 1. The maximum atomic E-state index is 14.3. The zero-order valence-electron chi connectivity index (χ0n) is 23.2. The predicted molar refractivity (Wildman–Crippen MR) is 134 cm³/mol. The molecule has 1 saturated heterocycles. The van der Waals surface area contributed by atoms with Gasteiger partial charge in [0.2, 0.25) is 11.8 Å². The van der Waals surface area contributed by atoms with Gasteiger partial charge in [0, 0.05) is 12.5 Å². The van der Waals surface area contributed by atoms with Gasteiger partial charge in [-0.1, -0.05) is 13.8 Å². The second-order valence-corrected chi connectivity index (χ2v) is 10.5. The van der Waals surface area contributed by atoms with Crippen molar-refractivity contribution in [2.24, 2.45) is 11.8 Å². The molecule has 2 aromatic rings. The summed E-state index contributed by atoms with van der Waals surface area (Å²) in [5.41, 5.74) is -10.2. The van der Waals surface area contributed by atoms with E-state index in [0.29, 0.717) is 20.1 Å². The van der Waals surface area contributed by atoms with E-state index in [2.05, 4.69) is 15.4 Å². The highest BCUT2D eigenvalue weighted by atomic mass is 19.4. The summed E-state index contributed by atoms with van der Waals surface area (Å²) < 4.78 is 130. The molecule has 0 saturated carbocycles. The summed E-state index contributed by atoms with van der Waals surface area (Å²) in [4.78, 5) is 39.7. The van der Waals surface area contributed by atoms with Crippen LogP contribution in [-0.2, 0) is 28.1 Å². The first-order valence-electron chi connectivity index (χ1n) is 13.0. The van der Waals surface area contributed by atoms with Crippen molar-refractivity contribution in [2.45, 2.75) is 63.7 Å². The first-order chi connectivity index (χ1) is 20.2. The molecule has 0 radical (unpaired) electrons. The lowest BCUT2D eigenvalue weighted by molar-refractivity contribution is -0.161. The Labute approximate surface area is 243 Å². The summed E-state index contributed by atoms with van der Waals surface area (Å²) in [6.07, 6.45) is -17.1. The van der Waals surface area contributed by atoms with Crippen LogP contribution in [0.15, 0.2) is 6.07 Å². The Bertz CT molecular complexity index is 1470. The van der Waals surface area contributed by atoms with Gasteiger partial charge in [-0.3, -0.25) is 14.4 Å². The van der Waals surface area contributed by atoms with Crippen LogP contribution in [0, 0.1) is 23.2 Å². The van der Waals surface area contributed by atoms with Crippen molar-refractivity contribution in [3.63, 3.8) is 0 Å². The summed E-state index contributed by atoms with van der Waals surface area (Å²) in [6, 6.07) is -1.35. The number of hydrogen-bond acceptors (Lipinski definition) is 5. The number of nitrogens with zero attached hydrogens (tertiary/aromatic N) is 1. The average Bonchev–Trinajstić information content (AvgIpc) is 3.48. The Balaban J connectivity index is 2.12. The molecule has 9 nitrogen and oxygen atoms in total. The topological polar surface area (TPSA) is 136 Å². The largest absolute Gasteiger partial charge is 0.496 e. The monoisotopic (exact) mass is 643 g/mol. The zero-order valence-corrected chi connectivity index (χ0v) is 23.2. The van der Waals surface area contributed by atoms with Crippen LogP contribution in [0.25, 0.3) is 10.9 Å². The maximum absolute atomic E-state index is 14.3. The van der Waals surface area contributed by atoms with E-state index in [1.54, 1.807) is 24.9 Å². The van der Waals surface area contributed by atoms with E-state index in [1.807, 2.05) is 5.32 Å². The highest BCUT2D eigenvalue weighted by Gasteiger charge is 2.49. The average molecular weight is 644 g/mol. The molecule has 1 fully saturated rings. The molecule has 1 aromatic carbocycles. The maximum Gasteiger partial charge on any atom is 0.419 e. The number of ether oxygens (including phenoxy) is 1. The minimum Gasteiger partial charge on any atom is -0.496 e. The van der Waals surface area contributed by atoms with Crippen LogP contribution in [0.1, 0.15) is 60.3 Å². The van der Waals surface area contributed by atoms with Gasteiger partial charge in [0.1, 0.15) is 23.5 Å². The lowest BCUT2D eigenvalue weighted by Crippen LogP contribution is -2.50. The molecule has 44 heavy (non-hydrogen) atoms. The van der Waals surface area contributed by atoms with Gasteiger partial charge in [-0.05, 0) is 31.2 Å². The molecular formula is C26H26F9N5O4. The van der Waals surface area contributed by atoms with Crippen molar-refractivity contribution in [3.8, 4) is 11.8 Å². The number of halogens is 9. The molecule has 3 amide bonds. The Kier molecular flexibility index (Phi) is 9.71. The van der Waals surface area contributed by atoms with Crippen LogP contribution in [0.3, 0.4) is 0 Å². The Hall–Kier alpha value is -4.17. The number of hydrogen-bond donors (Lipinski definition) is 4. The smallest absolute Gasteiger partial charge is 0.419 e. The van der Waals surface area contributed by atoms with Crippen molar-refractivity contribution in [2.75, 3.05) is 13.7 Å². The van der Waals surface area contributed by atoms with Crippen molar-refractivity contribution in [3.05, 3.63) is 28.5 Å². The number of rotatable bonds is 9. The highest BCUT2D eigenvalue weighted by molar-refractivity contribution is 6.06. The van der Waals surface area contributed by atoms with Crippen molar-refractivity contribution < 1.29 is 58.6 Å². The van der Waals surface area contributed by atoms with Crippen molar-refractivity contribution in [1.82, 2.24) is 20.9 Å². The molecule has 2 heterocycles. The molecule has 0 unspecified atom stereocenters. The lowest BCUT2D eigenvalue weighted by atomic mass is 9.97. The quantitative estimate of drug-likeness (QED) is 0.288. The molecule has 18 heteroatoms. The van der Waals surface area contributed by atoms with E-state index in [1.165, 1.54) is 0 Å². The predicted octanol–water partition coefficient (Wildman–Crippen LogP) is 4.91. The number of nitriles is 1. The second kappa shape index (κ2) is 12.4. The molecule has 3 atom stereocenters. The van der Waals surface area contributed by atoms with Gasteiger partial charge in [-0.2, -0.15) is 44.8 Å². The van der Waals surface area contributed by atoms with Gasteiger partial charge in [0.25, 0.3) is 5.91 Å². The SMILES string of the molecule is COc1cc(C(F)(F)F)c(C(F)(F)F)c2[nH]c(C(=O)N[C@@H](CC(C)C)C(=O)N[C@H](C#N)C[C@@H]3CCNC3=O)c(C(F)(F)F)c12. The molecule has 4 N–H and O–H groups in total. The summed E-state index contributed by atoms with van der Waals surface area (Å²) in [6.45, 7) is 3.49. The van der Waals surface area contributed by atoms with Gasteiger partial charge in [0.15, 0.2) is 0 Å². The fourth-order valence-electron chi connectivity index (χ4n) is 4.98. The van der Waals surface area contributed by atoms with Gasteiger partial charge in [-0.25, -0.2) is 0 Å². The van der Waals surface area contributed by atoms with E-state index in [0.717, 1.165) is 0 Å². The fraction of sp³-hybridized carbons (Fsp3) is 0.538. The number of benzene rings is 1. The number of aromatic amines is 1. The van der Waals surface area contributed by atoms with Gasteiger partial charge in [-0.15, -0.1) is 0 Å². The molecule has 242 valence electrons. The second-order valence-electron chi connectivity index (χ2n) is 10.5. The minimum absolute atomic E-state index is 0.113. The van der Waals surface area contributed by atoms with Gasteiger partial charge >= 0.3 is 18.5 Å². The van der Waals surface area contributed by atoms with E-state index in [9.17, 15) is 59.2 Å². The summed E-state index contributed by atoms with van der Waals surface area (Å²) in [5.74, 6) is -5.42. The third-order valence-electron chi connectivity index (χ3n) is 6.84. The number of nitrogens with one attached hydrogen (secondary N) is 4. The minimum atomic E-state index is -5.83. The van der Waals surface area contributed by atoms with Crippen LogP contribution in [0.5, 0.6) is 5.75 Å². The standard InChI is InChI=1S/C26H26F9N5O4/c1-10(2)6-14(22(42)38-12(9-36)7-11-4-5-37-21(11)41)39-23(43)20-18(26(33,34)35)16-15(44-3)8-13(24(27,28)29)17(19(16)40-20)25(30,31)32/h8,10-12,14,40H,4-7H2,1-3H3,(H,37,41)(H,38,42)(H,39,43)/t11-,12-,14-/m0/s1. The number of methoxy groups -OCH3 is 1. The van der Waals surface area contributed by atoms with Crippen LogP contribution in [0.4, 0.5) is 39.5 Å². The van der Waals surface area contributed by atoms with Gasteiger partial charge in [0.05, 0.1) is 40.8 Å². The first kappa shape index (κ1) is 34.3. The number of alkyl halides is 9. The summed E-state index contributed by atoms with van der Waals surface area (Å²) in [7, 11) is 0.638. The van der Waals surface area contributed by atoms with E-state index < -0.39 is 93.3 Å². The molecule has 1 aromatic heterocycles. The molecule has 0 aliphatic carbocycles.